The van der Waals surface area contributed by atoms with Crippen LogP contribution in [0.1, 0.15) is 21.9 Å². The molecule has 5 nitrogen and oxygen atoms in total. The minimum atomic E-state index is -0.221. The quantitative estimate of drug-likeness (QED) is 0.374. The molecule has 0 aliphatic carbocycles. The minimum Gasteiger partial charge on any atom is -0.497 e. The lowest BCUT2D eigenvalue weighted by atomic mass is 10.1. The Hall–Kier alpha value is -3.18. The van der Waals surface area contributed by atoms with Crippen LogP contribution >= 0.6 is 11.6 Å². The Morgan fingerprint density at radius 2 is 1.86 bits per heavy atom. The lowest BCUT2D eigenvalue weighted by molar-refractivity contribution is 0.104. The fraction of sp³-hybridized carbons (Fsp3) is 0.136. The highest BCUT2D eigenvalue weighted by Crippen LogP contribution is 2.26. The van der Waals surface area contributed by atoms with Crippen LogP contribution in [0.25, 0.3) is 6.08 Å². The molecule has 28 heavy (non-hydrogen) atoms. The molecule has 1 aromatic heterocycles. The van der Waals surface area contributed by atoms with Crippen LogP contribution < -0.4 is 14.2 Å². The van der Waals surface area contributed by atoms with Crippen molar-refractivity contribution in [1.29, 1.82) is 0 Å². The van der Waals surface area contributed by atoms with Gasteiger partial charge in [-0.05, 0) is 54.6 Å². The van der Waals surface area contributed by atoms with Crippen LogP contribution in [0.3, 0.4) is 0 Å². The van der Waals surface area contributed by atoms with Gasteiger partial charge in [0.05, 0.1) is 24.8 Å². The van der Waals surface area contributed by atoms with E-state index in [2.05, 4.69) is 0 Å². The first kappa shape index (κ1) is 19.6. The first-order chi connectivity index (χ1) is 13.6. The summed E-state index contributed by atoms with van der Waals surface area (Å²) >= 11 is 6.06. The van der Waals surface area contributed by atoms with Crippen molar-refractivity contribution < 1.29 is 23.4 Å². The van der Waals surface area contributed by atoms with Crippen molar-refractivity contribution in [2.24, 2.45) is 0 Å². The van der Waals surface area contributed by atoms with Crippen molar-refractivity contribution in [3.05, 3.63) is 82.8 Å². The zero-order valence-electron chi connectivity index (χ0n) is 15.5. The summed E-state index contributed by atoms with van der Waals surface area (Å²) in [4.78, 5) is 12.5. The molecule has 1 heterocycles. The zero-order chi connectivity index (χ0) is 19.9. The highest BCUT2D eigenvalue weighted by molar-refractivity contribution is 6.32. The molecule has 144 valence electrons. The summed E-state index contributed by atoms with van der Waals surface area (Å²) in [7, 11) is 3.06. The fourth-order valence-corrected chi connectivity index (χ4v) is 2.72. The van der Waals surface area contributed by atoms with Crippen LogP contribution in [0.5, 0.6) is 17.2 Å². The first-order valence-electron chi connectivity index (χ1n) is 8.51. The second kappa shape index (κ2) is 9.15. The maximum atomic E-state index is 12.5. The van der Waals surface area contributed by atoms with Gasteiger partial charge in [-0.2, -0.15) is 0 Å². The van der Waals surface area contributed by atoms with Gasteiger partial charge in [-0.1, -0.05) is 23.7 Å². The Balaban J connectivity index is 1.67. The molecule has 0 aliphatic heterocycles. The van der Waals surface area contributed by atoms with E-state index in [0.717, 1.165) is 0 Å². The van der Waals surface area contributed by atoms with Crippen molar-refractivity contribution >= 4 is 23.5 Å². The smallest absolute Gasteiger partial charge is 0.189 e. The normalized spacial score (nSPS) is 10.8. The largest absolute Gasteiger partial charge is 0.497 e. The molecule has 0 aliphatic rings. The Bertz CT molecular complexity index is 990. The van der Waals surface area contributed by atoms with E-state index in [0.29, 0.717) is 39.4 Å². The molecular formula is C22H19ClO5. The number of furan rings is 1. The lowest BCUT2D eigenvalue weighted by Gasteiger charge is -2.07. The van der Waals surface area contributed by atoms with Gasteiger partial charge in [-0.3, -0.25) is 4.79 Å². The number of hydrogen-bond donors (Lipinski definition) is 0. The van der Waals surface area contributed by atoms with Crippen LogP contribution in [0.15, 0.2) is 65.1 Å². The summed E-state index contributed by atoms with van der Waals surface area (Å²) in [6, 6.07) is 15.8. The number of carbonyl (C=O) groups excluding carboxylic acids is 1. The Kier molecular flexibility index (Phi) is 6.40. The third-order valence-corrected chi connectivity index (χ3v) is 4.27. The molecule has 3 aromatic rings. The molecule has 0 saturated carbocycles. The average molecular weight is 399 g/mol. The van der Waals surface area contributed by atoms with Crippen molar-refractivity contribution in [2.75, 3.05) is 14.2 Å². The van der Waals surface area contributed by atoms with Crippen LogP contribution in [-0.2, 0) is 6.61 Å². The molecular weight excluding hydrogens is 380 g/mol. The highest BCUT2D eigenvalue weighted by Gasteiger charge is 2.11. The molecule has 0 amide bonds. The maximum absolute atomic E-state index is 12.5. The SMILES string of the molecule is COc1ccc(OC)c(C(=O)/C=C/c2ccc(COc3ccccc3Cl)o2)c1. The summed E-state index contributed by atoms with van der Waals surface area (Å²) in [5.74, 6) is 2.57. The van der Waals surface area contributed by atoms with E-state index >= 15 is 0 Å². The predicted octanol–water partition coefficient (Wildman–Crippen LogP) is 5.43. The van der Waals surface area contributed by atoms with Crippen molar-refractivity contribution in [2.45, 2.75) is 6.61 Å². The molecule has 0 unspecified atom stereocenters. The summed E-state index contributed by atoms with van der Waals surface area (Å²) in [5, 5.41) is 0.534. The monoisotopic (exact) mass is 398 g/mol. The molecule has 0 atom stereocenters. The van der Waals surface area contributed by atoms with E-state index in [1.54, 1.807) is 55.7 Å². The van der Waals surface area contributed by atoms with E-state index in [1.807, 2.05) is 12.1 Å². The fourth-order valence-electron chi connectivity index (χ4n) is 2.53. The molecule has 6 heteroatoms. The van der Waals surface area contributed by atoms with E-state index in [9.17, 15) is 4.79 Å². The van der Waals surface area contributed by atoms with Gasteiger partial charge in [0.2, 0.25) is 0 Å². The molecule has 0 N–H and O–H groups in total. The third kappa shape index (κ3) is 4.75. The number of hydrogen-bond acceptors (Lipinski definition) is 5. The number of allylic oxidation sites excluding steroid dienone is 1. The summed E-state index contributed by atoms with van der Waals surface area (Å²) in [6.07, 6.45) is 3.02. The molecule has 0 saturated heterocycles. The van der Waals surface area contributed by atoms with Crippen LogP contribution in [0.4, 0.5) is 0 Å². The Morgan fingerprint density at radius 1 is 1.04 bits per heavy atom. The second-order valence-electron chi connectivity index (χ2n) is 5.79. The van der Waals surface area contributed by atoms with E-state index in [-0.39, 0.29) is 12.4 Å². The van der Waals surface area contributed by atoms with Crippen molar-refractivity contribution in [3.8, 4) is 17.2 Å². The third-order valence-electron chi connectivity index (χ3n) is 3.96. The molecule has 0 bridgehead atoms. The number of para-hydroxylation sites is 1. The first-order valence-corrected chi connectivity index (χ1v) is 8.89. The maximum Gasteiger partial charge on any atom is 0.189 e. The van der Waals surface area contributed by atoms with E-state index in [4.69, 9.17) is 30.2 Å². The van der Waals surface area contributed by atoms with Gasteiger partial charge < -0.3 is 18.6 Å². The summed E-state index contributed by atoms with van der Waals surface area (Å²) in [5.41, 5.74) is 0.409. The van der Waals surface area contributed by atoms with Gasteiger partial charge in [-0.15, -0.1) is 0 Å². The summed E-state index contributed by atoms with van der Waals surface area (Å²) in [6.45, 7) is 0.231. The number of ketones is 1. The van der Waals surface area contributed by atoms with E-state index in [1.165, 1.54) is 13.2 Å². The number of carbonyl (C=O) groups is 1. The Labute approximate surface area is 168 Å². The second-order valence-corrected chi connectivity index (χ2v) is 6.19. The highest BCUT2D eigenvalue weighted by atomic mass is 35.5. The zero-order valence-corrected chi connectivity index (χ0v) is 16.2. The topological polar surface area (TPSA) is 57.9 Å². The van der Waals surface area contributed by atoms with Gasteiger partial charge in [0.1, 0.15) is 35.4 Å². The Morgan fingerprint density at radius 3 is 2.61 bits per heavy atom. The lowest BCUT2D eigenvalue weighted by Crippen LogP contribution is -1.99. The number of benzene rings is 2. The number of halogens is 1. The van der Waals surface area contributed by atoms with Gasteiger partial charge in [0.25, 0.3) is 0 Å². The molecule has 0 radical (unpaired) electrons. The van der Waals surface area contributed by atoms with Crippen molar-refractivity contribution in [3.63, 3.8) is 0 Å². The number of methoxy groups -OCH3 is 2. The van der Waals surface area contributed by atoms with Crippen molar-refractivity contribution in [1.82, 2.24) is 0 Å². The van der Waals surface area contributed by atoms with Gasteiger partial charge >= 0.3 is 0 Å². The molecule has 3 rings (SSSR count). The van der Waals surface area contributed by atoms with Gasteiger partial charge in [-0.25, -0.2) is 0 Å². The van der Waals surface area contributed by atoms with E-state index < -0.39 is 0 Å². The van der Waals surface area contributed by atoms with Gasteiger partial charge in [0, 0.05) is 0 Å². The minimum absolute atomic E-state index is 0.221. The van der Waals surface area contributed by atoms with Crippen LogP contribution in [-0.4, -0.2) is 20.0 Å². The predicted molar refractivity (Wildman–Crippen MR) is 107 cm³/mol. The van der Waals surface area contributed by atoms with Crippen LogP contribution in [0, 0.1) is 0 Å². The van der Waals surface area contributed by atoms with Gasteiger partial charge in [0.15, 0.2) is 5.78 Å². The van der Waals surface area contributed by atoms with Crippen LogP contribution in [0.2, 0.25) is 5.02 Å². The number of ether oxygens (including phenoxy) is 3. The standard InChI is InChI=1S/C22H19ClO5/c1-25-16-10-12-21(26-2)18(13-16)20(24)11-9-15-7-8-17(28-15)14-27-22-6-4-3-5-19(22)23/h3-13H,14H2,1-2H3/b11-9+. The molecule has 0 spiro atoms. The summed E-state index contributed by atoms with van der Waals surface area (Å²) < 4.78 is 21.7. The molecule has 2 aromatic carbocycles. The molecule has 0 fully saturated rings. The average Bonchev–Trinajstić information content (AvgIpc) is 3.18. The number of rotatable bonds is 8.